The highest BCUT2D eigenvalue weighted by molar-refractivity contribution is 5.81. The molecule has 0 saturated carbocycles. The minimum Gasteiger partial charge on any atom is -0.265 e. The summed E-state index contributed by atoms with van der Waals surface area (Å²) in [4.78, 5) is 24.1. The number of aromatic nitrogens is 5. The lowest BCUT2D eigenvalue weighted by atomic mass is 9.95. The van der Waals surface area contributed by atoms with Gasteiger partial charge in [-0.15, -0.1) is 0 Å². The maximum absolute atomic E-state index is 5.15. The number of rotatable bonds is 8. The summed E-state index contributed by atoms with van der Waals surface area (Å²) in [6.07, 6.45) is 11.9. The molecule has 0 bridgehead atoms. The SMILES string of the molecule is C1=CC(c2nc(-c3ccccc3)nc(-c3cccc(-c4cccc(-c5cc(-c6ccccc6)nc(-c6ccc(-c7ccncc7)cc6)c5)c4)c3)n2)C=C1. The van der Waals surface area contributed by atoms with Gasteiger partial charge < -0.3 is 0 Å². The highest BCUT2D eigenvalue weighted by atomic mass is 15.0. The summed E-state index contributed by atoms with van der Waals surface area (Å²) >= 11 is 0. The molecule has 0 amide bonds. The van der Waals surface area contributed by atoms with Crippen molar-refractivity contribution in [2.24, 2.45) is 0 Å². The van der Waals surface area contributed by atoms with E-state index in [1.54, 1.807) is 0 Å². The van der Waals surface area contributed by atoms with Gasteiger partial charge in [0.15, 0.2) is 11.6 Å². The number of hydrogen-bond donors (Lipinski definition) is 0. The Morgan fingerprint density at radius 1 is 0.321 bits per heavy atom. The first kappa shape index (κ1) is 31.8. The molecule has 0 atom stereocenters. The molecule has 5 heteroatoms. The summed E-state index contributed by atoms with van der Waals surface area (Å²) < 4.78 is 0. The van der Waals surface area contributed by atoms with Crippen LogP contribution in [0.4, 0.5) is 0 Å². The molecular formula is C48H33N5. The number of nitrogens with zero attached hydrogens (tertiary/aromatic N) is 5. The fourth-order valence-corrected chi connectivity index (χ4v) is 6.69. The van der Waals surface area contributed by atoms with Crippen molar-refractivity contribution in [3.63, 3.8) is 0 Å². The van der Waals surface area contributed by atoms with E-state index in [1.807, 2.05) is 73.1 Å². The van der Waals surface area contributed by atoms with Gasteiger partial charge >= 0.3 is 0 Å². The second-order valence-corrected chi connectivity index (χ2v) is 13.0. The molecule has 0 unspecified atom stereocenters. The van der Waals surface area contributed by atoms with Crippen LogP contribution in [-0.2, 0) is 0 Å². The number of allylic oxidation sites excluding steroid dienone is 4. The first-order valence-electron chi connectivity index (χ1n) is 17.7. The van der Waals surface area contributed by atoms with Crippen molar-refractivity contribution >= 4 is 0 Å². The van der Waals surface area contributed by atoms with Crippen molar-refractivity contribution in [2.45, 2.75) is 5.92 Å². The summed E-state index contributed by atoms with van der Waals surface area (Å²) in [5.41, 5.74) is 12.5. The summed E-state index contributed by atoms with van der Waals surface area (Å²) in [5, 5.41) is 0. The van der Waals surface area contributed by atoms with Crippen molar-refractivity contribution in [3.05, 3.63) is 200 Å². The van der Waals surface area contributed by atoms with Gasteiger partial charge in [-0.05, 0) is 69.8 Å². The second-order valence-electron chi connectivity index (χ2n) is 13.0. The maximum atomic E-state index is 5.15. The van der Waals surface area contributed by atoms with Crippen molar-refractivity contribution in [1.82, 2.24) is 24.9 Å². The average Bonchev–Trinajstić information content (AvgIpc) is 3.80. The first-order valence-corrected chi connectivity index (χ1v) is 17.7. The van der Waals surface area contributed by atoms with Gasteiger partial charge in [-0.1, -0.05) is 146 Å². The van der Waals surface area contributed by atoms with Crippen molar-refractivity contribution < 1.29 is 0 Å². The number of hydrogen-bond acceptors (Lipinski definition) is 5. The normalized spacial score (nSPS) is 12.3. The first-order chi connectivity index (χ1) is 26.2. The maximum Gasteiger partial charge on any atom is 0.163 e. The Bertz CT molecular complexity index is 2590. The van der Waals surface area contributed by atoms with Crippen LogP contribution >= 0.6 is 0 Å². The van der Waals surface area contributed by atoms with E-state index in [4.69, 9.17) is 19.9 Å². The zero-order chi connectivity index (χ0) is 35.4. The van der Waals surface area contributed by atoms with Gasteiger partial charge in [0.2, 0.25) is 0 Å². The molecule has 1 aliphatic rings. The van der Waals surface area contributed by atoms with E-state index in [2.05, 4.69) is 126 Å². The Labute approximate surface area is 308 Å². The van der Waals surface area contributed by atoms with E-state index in [0.29, 0.717) is 11.6 Å². The predicted molar refractivity (Wildman–Crippen MR) is 214 cm³/mol. The minimum atomic E-state index is 0.0180. The van der Waals surface area contributed by atoms with E-state index in [0.717, 1.165) is 72.8 Å². The smallest absolute Gasteiger partial charge is 0.163 e. The molecule has 3 heterocycles. The standard InChI is InChI=1S/C48H33N5/c1-3-11-35(12-4-1)44-31-43(32-45(50-44)36-23-21-33(22-24-36)34-25-27-49-28-26-34)41-19-9-17-39(29-41)40-18-10-20-42(30-40)48-52-46(37-13-5-2-6-14-37)51-47(53-48)38-15-7-8-16-38/h1-32,38H. The van der Waals surface area contributed by atoms with E-state index in [-0.39, 0.29) is 5.92 Å². The summed E-state index contributed by atoms with van der Waals surface area (Å²) in [6.45, 7) is 0. The third kappa shape index (κ3) is 6.84. The monoisotopic (exact) mass is 679 g/mol. The molecule has 8 aromatic rings. The lowest BCUT2D eigenvalue weighted by Crippen LogP contribution is -2.05. The van der Waals surface area contributed by atoms with Crippen LogP contribution in [0.15, 0.2) is 194 Å². The highest BCUT2D eigenvalue weighted by Gasteiger charge is 2.17. The van der Waals surface area contributed by atoms with Gasteiger partial charge in [0.1, 0.15) is 5.82 Å². The predicted octanol–water partition coefficient (Wildman–Crippen LogP) is 11.5. The average molecular weight is 680 g/mol. The quantitative estimate of drug-likeness (QED) is 0.160. The van der Waals surface area contributed by atoms with E-state index >= 15 is 0 Å². The van der Waals surface area contributed by atoms with E-state index < -0.39 is 0 Å². The van der Waals surface area contributed by atoms with Crippen LogP contribution in [0.3, 0.4) is 0 Å². The van der Waals surface area contributed by atoms with Crippen LogP contribution in [0.1, 0.15) is 11.7 Å². The zero-order valence-corrected chi connectivity index (χ0v) is 28.8. The lowest BCUT2D eigenvalue weighted by molar-refractivity contribution is 0.890. The molecule has 1 aliphatic carbocycles. The highest BCUT2D eigenvalue weighted by Crippen LogP contribution is 2.34. The van der Waals surface area contributed by atoms with Gasteiger partial charge in [0.05, 0.1) is 17.3 Å². The lowest BCUT2D eigenvalue weighted by Gasteiger charge is -2.13. The molecule has 53 heavy (non-hydrogen) atoms. The zero-order valence-electron chi connectivity index (χ0n) is 28.8. The van der Waals surface area contributed by atoms with Crippen LogP contribution in [0, 0.1) is 0 Å². The van der Waals surface area contributed by atoms with Crippen molar-refractivity contribution in [2.75, 3.05) is 0 Å². The van der Waals surface area contributed by atoms with Gasteiger partial charge in [-0.25, -0.2) is 19.9 Å². The van der Waals surface area contributed by atoms with Crippen LogP contribution < -0.4 is 0 Å². The molecule has 5 nitrogen and oxygen atoms in total. The fourth-order valence-electron chi connectivity index (χ4n) is 6.69. The van der Waals surface area contributed by atoms with Crippen LogP contribution in [0.25, 0.3) is 78.7 Å². The molecule has 0 spiro atoms. The molecule has 0 fully saturated rings. The summed E-state index contributed by atoms with van der Waals surface area (Å²) in [6, 6.07) is 54.6. The van der Waals surface area contributed by atoms with Crippen LogP contribution in [0.2, 0.25) is 0 Å². The molecule has 5 aromatic carbocycles. The van der Waals surface area contributed by atoms with Gasteiger partial charge in [-0.3, -0.25) is 4.98 Å². The van der Waals surface area contributed by atoms with Crippen molar-refractivity contribution in [3.8, 4) is 78.7 Å². The third-order valence-electron chi connectivity index (χ3n) is 9.47. The van der Waals surface area contributed by atoms with Crippen molar-refractivity contribution in [1.29, 1.82) is 0 Å². The minimum absolute atomic E-state index is 0.0180. The second kappa shape index (κ2) is 14.3. The number of pyridine rings is 2. The molecule has 0 saturated heterocycles. The molecule has 0 N–H and O–H groups in total. The topological polar surface area (TPSA) is 64.5 Å². The molecule has 3 aromatic heterocycles. The fraction of sp³-hybridized carbons (Fsp3) is 0.0208. The molecule has 0 radical (unpaired) electrons. The van der Waals surface area contributed by atoms with E-state index in [1.165, 1.54) is 0 Å². The molecular weight excluding hydrogens is 647 g/mol. The molecule has 0 aliphatic heterocycles. The Morgan fingerprint density at radius 3 is 1.43 bits per heavy atom. The van der Waals surface area contributed by atoms with Gasteiger partial charge in [0.25, 0.3) is 0 Å². The van der Waals surface area contributed by atoms with Gasteiger partial charge in [-0.2, -0.15) is 0 Å². The van der Waals surface area contributed by atoms with Crippen LogP contribution in [-0.4, -0.2) is 24.9 Å². The summed E-state index contributed by atoms with van der Waals surface area (Å²) in [5.74, 6) is 2.08. The third-order valence-corrected chi connectivity index (χ3v) is 9.47. The van der Waals surface area contributed by atoms with Crippen LogP contribution in [0.5, 0.6) is 0 Å². The largest absolute Gasteiger partial charge is 0.265 e. The molecule has 250 valence electrons. The van der Waals surface area contributed by atoms with E-state index in [9.17, 15) is 0 Å². The Kier molecular flexibility index (Phi) is 8.56. The Hall–Kier alpha value is -7.11. The Balaban J connectivity index is 1.10. The van der Waals surface area contributed by atoms with Gasteiger partial charge in [0, 0.05) is 34.6 Å². The molecule has 9 rings (SSSR count). The number of benzene rings is 5. The summed E-state index contributed by atoms with van der Waals surface area (Å²) in [7, 11) is 0. The Morgan fingerprint density at radius 2 is 0.792 bits per heavy atom.